The van der Waals surface area contributed by atoms with Gasteiger partial charge in [0.25, 0.3) is 0 Å². The van der Waals surface area contributed by atoms with Crippen molar-refractivity contribution in [1.82, 2.24) is 14.1 Å². The zero-order valence-electron chi connectivity index (χ0n) is 29.4. The van der Waals surface area contributed by atoms with E-state index in [1.807, 2.05) is 0 Å². The van der Waals surface area contributed by atoms with Crippen molar-refractivity contribution in [1.29, 1.82) is 0 Å². The van der Waals surface area contributed by atoms with Crippen LogP contribution >= 0.6 is 0 Å². The number of fused-ring (bicyclic) bond motifs is 8. The lowest BCUT2D eigenvalue weighted by Gasteiger charge is -2.14. The largest absolute Gasteiger partial charge is 0.307 e. The third kappa shape index (κ3) is 4.79. The SMILES string of the molecule is c1ccc(-c2cc(-c3cccc(-n4c5ccccc5c5ccc6c7ccccc7n(-c7ccccc7)c6c54)c3)nc(-c3ccc4ccccc4c3)c2)cc1. The van der Waals surface area contributed by atoms with E-state index in [1.54, 1.807) is 0 Å². The number of hydrogen-bond acceptors (Lipinski definition) is 1. The van der Waals surface area contributed by atoms with Crippen LogP contribution in [0.5, 0.6) is 0 Å². The Bertz CT molecular complexity index is 3210. The fraction of sp³-hybridized carbons (Fsp3) is 0. The second-order valence-electron chi connectivity index (χ2n) is 14.0. The van der Waals surface area contributed by atoms with Gasteiger partial charge in [0.2, 0.25) is 0 Å². The maximum atomic E-state index is 5.37. The Kier molecular flexibility index (Phi) is 6.86. The molecule has 0 saturated heterocycles. The fourth-order valence-electron chi connectivity index (χ4n) is 8.39. The van der Waals surface area contributed by atoms with E-state index in [0.717, 1.165) is 45.0 Å². The molecule has 11 rings (SSSR count). The Morgan fingerprint density at radius 1 is 0.296 bits per heavy atom. The van der Waals surface area contributed by atoms with E-state index in [-0.39, 0.29) is 0 Å². The number of aromatic nitrogens is 3. The van der Waals surface area contributed by atoms with E-state index in [9.17, 15) is 0 Å². The maximum absolute atomic E-state index is 5.37. The molecule has 0 amide bonds. The van der Waals surface area contributed by atoms with Gasteiger partial charge >= 0.3 is 0 Å². The normalized spacial score (nSPS) is 11.7. The minimum Gasteiger partial charge on any atom is -0.307 e. The second kappa shape index (κ2) is 12.2. The van der Waals surface area contributed by atoms with Crippen LogP contribution in [0.4, 0.5) is 0 Å². The monoisotopic (exact) mass is 687 g/mol. The summed E-state index contributed by atoms with van der Waals surface area (Å²) in [6, 6.07) is 72.0. The number of pyridine rings is 1. The van der Waals surface area contributed by atoms with Crippen LogP contribution in [0.1, 0.15) is 0 Å². The standard InChI is InChI=1S/C51H33N3/c1-3-14-34(15-4-1)39-32-46(52-47(33-39)38-27-26-35-16-7-8-17-36(35)30-38)37-18-13-21-41(31-37)54-49-25-12-10-23-43(49)45-29-28-44-42-22-9-11-24-48(42)53(50(44)51(45)54)40-19-5-2-6-20-40/h1-33H. The van der Waals surface area contributed by atoms with Crippen molar-refractivity contribution in [3.05, 3.63) is 200 Å². The fourth-order valence-corrected chi connectivity index (χ4v) is 8.39. The van der Waals surface area contributed by atoms with Gasteiger partial charge < -0.3 is 9.13 Å². The van der Waals surface area contributed by atoms with E-state index in [2.05, 4.69) is 209 Å². The third-order valence-corrected chi connectivity index (χ3v) is 10.9. The molecule has 11 aromatic rings. The number of nitrogens with zero attached hydrogens (tertiary/aromatic N) is 3. The van der Waals surface area contributed by atoms with Gasteiger partial charge in [-0.25, -0.2) is 4.98 Å². The molecule has 0 radical (unpaired) electrons. The second-order valence-corrected chi connectivity index (χ2v) is 14.0. The molecule has 0 saturated carbocycles. The van der Waals surface area contributed by atoms with Gasteiger partial charge in [0.1, 0.15) is 0 Å². The number of para-hydroxylation sites is 3. The lowest BCUT2D eigenvalue weighted by atomic mass is 9.98. The highest BCUT2D eigenvalue weighted by Gasteiger charge is 2.21. The van der Waals surface area contributed by atoms with E-state index in [1.165, 1.54) is 54.4 Å². The van der Waals surface area contributed by atoms with Gasteiger partial charge in [0, 0.05) is 44.0 Å². The van der Waals surface area contributed by atoms with Crippen molar-refractivity contribution >= 4 is 54.4 Å². The predicted molar refractivity (Wildman–Crippen MR) is 227 cm³/mol. The Morgan fingerprint density at radius 2 is 0.815 bits per heavy atom. The highest BCUT2D eigenvalue weighted by atomic mass is 15.0. The first-order valence-electron chi connectivity index (χ1n) is 18.5. The molecule has 0 aliphatic heterocycles. The van der Waals surface area contributed by atoms with E-state index >= 15 is 0 Å². The van der Waals surface area contributed by atoms with Gasteiger partial charge in [-0.15, -0.1) is 0 Å². The predicted octanol–water partition coefficient (Wildman–Crippen LogP) is 13.4. The molecule has 3 nitrogen and oxygen atoms in total. The Labute approximate surface area is 312 Å². The molecule has 0 aliphatic carbocycles. The molecule has 8 aromatic carbocycles. The van der Waals surface area contributed by atoms with Crippen LogP contribution in [0.3, 0.4) is 0 Å². The zero-order valence-corrected chi connectivity index (χ0v) is 29.4. The lowest BCUT2D eigenvalue weighted by molar-refractivity contribution is 1.15. The summed E-state index contributed by atoms with van der Waals surface area (Å²) in [4.78, 5) is 5.37. The van der Waals surface area contributed by atoms with Crippen molar-refractivity contribution in [3.63, 3.8) is 0 Å². The van der Waals surface area contributed by atoms with Crippen molar-refractivity contribution in [2.75, 3.05) is 0 Å². The molecule has 0 aliphatic rings. The molecule has 0 atom stereocenters. The minimum atomic E-state index is 0.936. The molecule has 0 N–H and O–H groups in total. The van der Waals surface area contributed by atoms with Crippen LogP contribution in [0.25, 0.3) is 99.4 Å². The summed E-state index contributed by atoms with van der Waals surface area (Å²) in [6.07, 6.45) is 0. The van der Waals surface area contributed by atoms with E-state index < -0.39 is 0 Å². The highest BCUT2D eigenvalue weighted by molar-refractivity contribution is 6.23. The molecule has 3 heterocycles. The molecule has 54 heavy (non-hydrogen) atoms. The summed E-state index contributed by atoms with van der Waals surface area (Å²) in [5, 5.41) is 7.36. The first kappa shape index (κ1) is 30.4. The molecule has 3 heteroatoms. The maximum Gasteiger partial charge on any atom is 0.0788 e. The van der Waals surface area contributed by atoms with Crippen LogP contribution in [0, 0.1) is 0 Å². The smallest absolute Gasteiger partial charge is 0.0788 e. The molecular weight excluding hydrogens is 655 g/mol. The zero-order chi connectivity index (χ0) is 35.6. The Balaban J connectivity index is 1.18. The molecule has 0 bridgehead atoms. The van der Waals surface area contributed by atoms with Gasteiger partial charge in [-0.1, -0.05) is 146 Å². The number of benzene rings is 8. The Morgan fingerprint density at radius 3 is 1.50 bits per heavy atom. The van der Waals surface area contributed by atoms with E-state index in [4.69, 9.17) is 4.98 Å². The summed E-state index contributed by atoms with van der Waals surface area (Å²) >= 11 is 0. The van der Waals surface area contributed by atoms with Crippen LogP contribution in [-0.4, -0.2) is 14.1 Å². The van der Waals surface area contributed by atoms with E-state index in [0.29, 0.717) is 0 Å². The average Bonchev–Trinajstić information content (AvgIpc) is 3.77. The van der Waals surface area contributed by atoms with Crippen molar-refractivity contribution in [3.8, 4) is 45.0 Å². The van der Waals surface area contributed by atoms with Gasteiger partial charge in [0.05, 0.1) is 33.5 Å². The van der Waals surface area contributed by atoms with Crippen molar-refractivity contribution in [2.24, 2.45) is 0 Å². The number of rotatable bonds is 5. The topological polar surface area (TPSA) is 22.8 Å². The van der Waals surface area contributed by atoms with Gasteiger partial charge in [-0.05, 0) is 76.5 Å². The molecule has 0 unspecified atom stereocenters. The summed E-state index contributed by atoms with van der Waals surface area (Å²) in [7, 11) is 0. The number of hydrogen-bond donors (Lipinski definition) is 0. The highest BCUT2D eigenvalue weighted by Crippen LogP contribution is 2.42. The average molecular weight is 688 g/mol. The Hall–Kier alpha value is -7.23. The quantitative estimate of drug-likeness (QED) is 0.177. The third-order valence-electron chi connectivity index (χ3n) is 10.9. The first-order chi connectivity index (χ1) is 26.8. The summed E-state index contributed by atoms with van der Waals surface area (Å²) in [5.41, 5.74) is 13.3. The lowest BCUT2D eigenvalue weighted by Crippen LogP contribution is -1.99. The van der Waals surface area contributed by atoms with Crippen LogP contribution in [-0.2, 0) is 0 Å². The first-order valence-corrected chi connectivity index (χ1v) is 18.5. The molecular formula is C51H33N3. The summed E-state index contributed by atoms with van der Waals surface area (Å²) < 4.78 is 4.90. The van der Waals surface area contributed by atoms with Gasteiger partial charge in [-0.3, -0.25) is 0 Å². The van der Waals surface area contributed by atoms with Crippen LogP contribution in [0.15, 0.2) is 200 Å². The van der Waals surface area contributed by atoms with Crippen LogP contribution < -0.4 is 0 Å². The van der Waals surface area contributed by atoms with Crippen LogP contribution in [0.2, 0.25) is 0 Å². The molecule has 3 aromatic heterocycles. The van der Waals surface area contributed by atoms with Crippen molar-refractivity contribution < 1.29 is 0 Å². The molecule has 252 valence electrons. The van der Waals surface area contributed by atoms with Gasteiger partial charge in [0.15, 0.2) is 0 Å². The summed E-state index contributed by atoms with van der Waals surface area (Å²) in [6.45, 7) is 0. The molecule has 0 spiro atoms. The minimum absolute atomic E-state index is 0.936. The van der Waals surface area contributed by atoms with Crippen molar-refractivity contribution in [2.45, 2.75) is 0 Å². The molecule has 0 fully saturated rings. The van der Waals surface area contributed by atoms with Gasteiger partial charge in [-0.2, -0.15) is 0 Å². The summed E-state index contributed by atoms with van der Waals surface area (Å²) in [5.74, 6) is 0.